The van der Waals surface area contributed by atoms with Gasteiger partial charge in [0.1, 0.15) is 18.4 Å². The lowest BCUT2D eigenvalue weighted by Gasteiger charge is -2.23. The minimum absolute atomic E-state index is 0.00109. The van der Waals surface area contributed by atoms with E-state index in [0.717, 1.165) is 18.4 Å². The first-order chi connectivity index (χ1) is 16.8. The van der Waals surface area contributed by atoms with Gasteiger partial charge in [-0.2, -0.15) is 4.98 Å². The Morgan fingerprint density at radius 2 is 1.86 bits per heavy atom. The molecule has 1 aliphatic rings. The first-order valence-electron chi connectivity index (χ1n) is 11.4. The van der Waals surface area contributed by atoms with Crippen molar-refractivity contribution in [2.45, 2.75) is 44.0 Å². The fraction of sp³-hybridized carbons (Fsp3) is 0.333. The maximum atomic E-state index is 13.1. The van der Waals surface area contributed by atoms with E-state index in [1.807, 2.05) is 18.2 Å². The number of carbonyl (C=O) groups is 1. The Hall–Kier alpha value is -3.57. The van der Waals surface area contributed by atoms with Crippen molar-refractivity contribution >= 4 is 21.8 Å². The summed E-state index contributed by atoms with van der Waals surface area (Å²) in [4.78, 5) is 19.1. The number of likely N-dealkylation sites (tertiary alicyclic amines) is 1. The van der Waals surface area contributed by atoms with Gasteiger partial charge in [0, 0.05) is 18.5 Å². The van der Waals surface area contributed by atoms with Crippen LogP contribution in [0.5, 0.6) is 0 Å². The highest BCUT2D eigenvalue weighted by atomic mass is 32.2. The van der Waals surface area contributed by atoms with Crippen molar-refractivity contribution in [1.82, 2.24) is 19.8 Å². The van der Waals surface area contributed by atoms with E-state index in [-0.39, 0.29) is 24.0 Å². The molecule has 0 spiro atoms. The summed E-state index contributed by atoms with van der Waals surface area (Å²) in [5.41, 5.74) is 7.71. The molecule has 11 heteroatoms. The average molecular weight is 497 g/mol. The number of carbonyl (C=O) groups excluding carboxylic acids is 1. The van der Waals surface area contributed by atoms with Gasteiger partial charge in [-0.25, -0.2) is 13.1 Å². The van der Waals surface area contributed by atoms with Gasteiger partial charge in [-0.1, -0.05) is 59.8 Å². The Morgan fingerprint density at radius 1 is 1.11 bits per heavy atom. The number of benzene rings is 2. The molecule has 1 saturated heterocycles. The maximum Gasteiger partial charge on any atom is 0.246 e. The lowest BCUT2D eigenvalue weighted by atomic mass is 10.1. The summed E-state index contributed by atoms with van der Waals surface area (Å²) in [6.07, 6.45) is 2.35. The van der Waals surface area contributed by atoms with Crippen LogP contribution in [0.15, 0.2) is 59.1 Å². The lowest BCUT2D eigenvalue weighted by Crippen LogP contribution is -2.47. The topological polar surface area (TPSA) is 155 Å². The molecule has 4 N–H and O–H groups in total. The molecular formula is C24H28N6O4S. The van der Waals surface area contributed by atoms with Gasteiger partial charge in [-0.05, 0) is 30.4 Å². The molecule has 10 nitrogen and oxygen atoms in total. The molecule has 1 atom stereocenters. The number of rotatable bonds is 9. The molecular weight excluding hydrogens is 468 g/mol. The number of amidine groups is 1. The Kier molecular flexibility index (Phi) is 7.57. The predicted octanol–water partition coefficient (Wildman–Crippen LogP) is 1.95. The van der Waals surface area contributed by atoms with Crippen LogP contribution in [0.4, 0.5) is 0 Å². The van der Waals surface area contributed by atoms with Gasteiger partial charge < -0.3 is 15.2 Å². The van der Waals surface area contributed by atoms with E-state index in [4.69, 9.17) is 15.7 Å². The molecule has 1 aromatic heterocycles. The molecule has 0 bridgehead atoms. The van der Waals surface area contributed by atoms with E-state index in [1.54, 1.807) is 41.3 Å². The number of sulfonamides is 1. The lowest BCUT2D eigenvalue weighted by molar-refractivity contribution is -0.133. The first kappa shape index (κ1) is 24.6. The van der Waals surface area contributed by atoms with Crippen LogP contribution in [0.3, 0.4) is 0 Å². The summed E-state index contributed by atoms with van der Waals surface area (Å²) < 4.78 is 33.3. The number of hydrogen-bond acceptors (Lipinski definition) is 7. The van der Waals surface area contributed by atoms with Crippen molar-refractivity contribution in [1.29, 1.82) is 5.41 Å². The van der Waals surface area contributed by atoms with Crippen LogP contribution in [0.25, 0.3) is 0 Å². The van der Waals surface area contributed by atoms with Crippen LogP contribution in [0, 0.1) is 5.41 Å². The predicted molar refractivity (Wildman–Crippen MR) is 130 cm³/mol. The van der Waals surface area contributed by atoms with Crippen molar-refractivity contribution in [2.75, 3.05) is 6.54 Å². The summed E-state index contributed by atoms with van der Waals surface area (Å²) >= 11 is 0. The van der Waals surface area contributed by atoms with Crippen LogP contribution in [-0.4, -0.2) is 47.8 Å². The largest absolute Gasteiger partial charge is 0.384 e. The first-order valence-corrected chi connectivity index (χ1v) is 13.0. The number of nitrogens with zero attached hydrogens (tertiary/aromatic N) is 3. The van der Waals surface area contributed by atoms with Gasteiger partial charge in [0.05, 0.1) is 5.75 Å². The molecule has 0 saturated carbocycles. The van der Waals surface area contributed by atoms with Gasteiger partial charge >= 0.3 is 0 Å². The van der Waals surface area contributed by atoms with Gasteiger partial charge in [0.15, 0.2) is 5.82 Å². The van der Waals surface area contributed by atoms with E-state index in [9.17, 15) is 13.2 Å². The fourth-order valence-corrected chi connectivity index (χ4v) is 5.36. The van der Waals surface area contributed by atoms with Crippen molar-refractivity contribution in [3.8, 4) is 0 Å². The molecule has 1 unspecified atom stereocenters. The molecule has 1 fully saturated rings. The Morgan fingerprint density at radius 3 is 2.57 bits per heavy atom. The zero-order valence-corrected chi connectivity index (χ0v) is 20.0. The Bertz CT molecular complexity index is 1270. The third-order valence-electron chi connectivity index (χ3n) is 5.77. The molecule has 35 heavy (non-hydrogen) atoms. The normalized spacial score (nSPS) is 16.7. The number of hydrogen-bond donors (Lipinski definition) is 3. The molecule has 2 heterocycles. The number of nitrogens with one attached hydrogen (secondary N) is 2. The summed E-state index contributed by atoms with van der Waals surface area (Å²) in [5, 5.41) is 11.5. The average Bonchev–Trinajstić information content (AvgIpc) is 3.19. The number of aromatic nitrogens is 2. The van der Waals surface area contributed by atoms with Crippen molar-refractivity contribution < 1.29 is 17.7 Å². The minimum Gasteiger partial charge on any atom is -0.384 e. The summed E-state index contributed by atoms with van der Waals surface area (Å²) in [6, 6.07) is 15.2. The quantitative estimate of drug-likeness (QED) is 0.302. The van der Waals surface area contributed by atoms with Gasteiger partial charge in [0.25, 0.3) is 0 Å². The second kappa shape index (κ2) is 10.8. The van der Waals surface area contributed by atoms with Crippen molar-refractivity contribution in [3.63, 3.8) is 0 Å². The molecule has 1 aliphatic heterocycles. The third kappa shape index (κ3) is 6.74. The zero-order valence-electron chi connectivity index (χ0n) is 19.2. The second-order valence-corrected chi connectivity index (χ2v) is 10.3. The molecule has 2 aromatic carbocycles. The Labute approximate surface area is 204 Å². The highest BCUT2D eigenvalue weighted by Gasteiger charge is 2.31. The molecule has 3 aromatic rings. The molecule has 184 valence electrons. The molecule has 4 rings (SSSR count). The van der Waals surface area contributed by atoms with E-state index in [2.05, 4.69) is 14.9 Å². The van der Waals surface area contributed by atoms with Crippen molar-refractivity contribution in [3.05, 3.63) is 83.0 Å². The van der Waals surface area contributed by atoms with E-state index < -0.39 is 16.1 Å². The second-order valence-electron chi connectivity index (χ2n) is 8.56. The van der Waals surface area contributed by atoms with Gasteiger partial charge in [-0.15, -0.1) is 0 Å². The minimum atomic E-state index is -3.69. The van der Waals surface area contributed by atoms with E-state index in [1.165, 1.54) is 0 Å². The van der Waals surface area contributed by atoms with Gasteiger partial charge in [-0.3, -0.25) is 10.2 Å². The Balaban J connectivity index is 1.38. The van der Waals surface area contributed by atoms with Crippen LogP contribution >= 0.6 is 0 Å². The highest BCUT2D eigenvalue weighted by molar-refractivity contribution is 7.88. The smallest absolute Gasteiger partial charge is 0.246 e. The molecule has 1 amide bonds. The summed E-state index contributed by atoms with van der Waals surface area (Å²) in [7, 11) is -3.69. The number of amides is 1. The number of nitrogen functional groups attached to an aromatic ring is 1. The van der Waals surface area contributed by atoms with Crippen LogP contribution < -0.4 is 10.5 Å². The fourth-order valence-electron chi connectivity index (χ4n) is 4.00. The SMILES string of the molecule is N=C(N)c1ccc(Cc2noc(CN3CCCCC(NS(=O)(=O)Cc4ccccc4)C3=O)n2)cc1. The highest BCUT2D eigenvalue weighted by Crippen LogP contribution is 2.17. The van der Waals surface area contributed by atoms with E-state index >= 15 is 0 Å². The third-order valence-corrected chi connectivity index (χ3v) is 7.12. The van der Waals surface area contributed by atoms with Crippen LogP contribution in [0.2, 0.25) is 0 Å². The zero-order chi connectivity index (χ0) is 24.8. The monoisotopic (exact) mass is 496 g/mol. The molecule has 0 radical (unpaired) electrons. The number of nitrogens with two attached hydrogens (primary N) is 1. The maximum absolute atomic E-state index is 13.1. The van der Waals surface area contributed by atoms with E-state index in [0.29, 0.717) is 42.2 Å². The standard InChI is InChI=1S/C24H28N6O4S/c25-23(26)19-11-9-17(10-12-19)14-21-27-22(34-28-21)15-30-13-5-4-8-20(24(30)31)29-35(32,33)16-18-6-2-1-3-7-18/h1-3,6-7,9-12,20,29H,4-5,8,13-16H2,(H3,25,26). The molecule has 0 aliphatic carbocycles. The van der Waals surface area contributed by atoms with Gasteiger partial charge in [0.2, 0.25) is 21.8 Å². The summed E-state index contributed by atoms with van der Waals surface area (Å²) in [6.45, 7) is 0.603. The van der Waals surface area contributed by atoms with Crippen LogP contribution in [-0.2, 0) is 33.5 Å². The van der Waals surface area contributed by atoms with Crippen LogP contribution in [0.1, 0.15) is 47.7 Å². The van der Waals surface area contributed by atoms with Crippen molar-refractivity contribution in [2.24, 2.45) is 5.73 Å². The summed E-state index contributed by atoms with van der Waals surface area (Å²) in [5.74, 6) is 0.289.